The number of rotatable bonds is 7. The molecule has 0 unspecified atom stereocenters. The van der Waals surface area contributed by atoms with Gasteiger partial charge in [-0.3, -0.25) is 9.78 Å². The molecule has 1 aromatic rings. The van der Waals surface area contributed by atoms with Crippen molar-refractivity contribution in [1.29, 1.82) is 0 Å². The average Bonchev–Trinajstić information content (AvgIpc) is 3.21. The third-order valence-electron chi connectivity index (χ3n) is 3.18. The average molecular weight is 247 g/mol. The zero-order valence-corrected chi connectivity index (χ0v) is 10.9. The first kappa shape index (κ1) is 13.0. The summed E-state index contributed by atoms with van der Waals surface area (Å²) in [7, 11) is 1.91. The summed E-state index contributed by atoms with van der Waals surface area (Å²) >= 11 is 0. The molecule has 0 spiro atoms. The van der Waals surface area contributed by atoms with Gasteiger partial charge in [0.15, 0.2) is 0 Å². The predicted octanol–water partition coefficient (Wildman–Crippen LogP) is 1.57. The van der Waals surface area contributed by atoms with Crippen molar-refractivity contribution in [2.75, 3.05) is 13.6 Å². The first-order chi connectivity index (χ1) is 8.81. The van der Waals surface area contributed by atoms with E-state index in [0.29, 0.717) is 19.0 Å². The Labute approximate surface area is 108 Å². The monoisotopic (exact) mass is 247 g/mol. The summed E-state index contributed by atoms with van der Waals surface area (Å²) < 4.78 is 0. The van der Waals surface area contributed by atoms with Crippen molar-refractivity contribution >= 4 is 5.91 Å². The number of amides is 1. The summed E-state index contributed by atoms with van der Waals surface area (Å²) in [4.78, 5) is 18.5. The van der Waals surface area contributed by atoms with E-state index in [1.165, 1.54) is 0 Å². The van der Waals surface area contributed by atoms with Crippen LogP contribution in [0.3, 0.4) is 0 Å². The molecule has 1 amide bonds. The Morgan fingerprint density at radius 2 is 2.33 bits per heavy atom. The summed E-state index contributed by atoms with van der Waals surface area (Å²) in [5.74, 6) is 0.262. The van der Waals surface area contributed by atoms with Crippen LogP contribution in [0.2, 0.25) is 0 Å². The van der Waals surface area contributed by atoms with Gasteiger partial charge in [0.2, 0.25) is 5.91 Å². The van der Waals surface area contributed by atoms with Gasteiger partial charge >= 0.3 is 0 Å². The van der Waals surface area contributed by atoms with Crippen LogP contribution in [-0.4, -0.2) is 35.4 Å². The Bertz CT molecular complexity index is 376. The molecule has 1 saturated carbocycles. The zero-order valence-electron chi connectivity index (χ0n) is 10.9. The molecule has 4 nitrogen and oxygen atoms in total. The normalized spacial score (nSPS) is 14.5. The summed E-state index contributed by atoms with van der Waals surface area (Å²) in [6.45, 7) is 1.55. The zero-order chi connectivity index (χ0) is 12.8. The van der Waals surface area contributed by atoms with E-state index >= 15 is 0 Å². The molecule has 4 heteroatoms. The van der Waals surface area contributed by atoms with Gasteiger partial charge in [0.25, 0.3) is 0 Å². The van der Waals surface area contributed by atoms with Gasteiger partial charge in [-0.05, 0) is 45.0 Å². The standard InChI is InChI=1S/C14H21N3O/c1-15-9-4-6-14(18)17(13-7-8-13)11-12-5-2-3-10-16-12/h2-3,5,10,13,15H,4,6-9,11H2,1H3. The second kappa shape index (κ2) is 6.50. The molecule has 1 heterocycles. The lowest BCUT2D eigenvalue weighted by molar-refractivity contribution is -0.132. The summed E-state index contributed by atoms with van der Waals surface area (Å²) in [5.41, 5.74) is 0.978. The van der Waals surface area contributed by atoms with Gasteiger partial charge in [-0.2, -0.15) is 0 Å². The molecule has 1 fully saturated rings. The number of hydrogen-bond donors (Lipinski definition) is 1. The molecule has 1 N–H and O–H groups in total. The van der Waals surface area contributed by atoms with E-state index in [9.17, 15) is 4.79 Å². The molecular weight excluding hydrogens is 226 g/mol. The number of pyridine rings is 1. The van der Waals surface area contributed by atoms with E-state index in [1.54, 1.807) is 6.20 Å². The van der Waals surface area contributed by atoms with Gasteiger partial charge in [-0.25, -0.2) is 0 Å². The van der Waals surface area contributed by atoms with Gasteiger partial charge in [0.05, 0.1) is 12.2 Å². The first-order valence-corrected chi connectivity index (χ1v) is 6.65. The number of carbonyl (C=O) groups excluding carboxylic acids is 1. The molecule has 0 bridgehead atoms. The van der Waals surface area contributed by atoms with Gasteiger partial charge in [-0.15, -0.1) is 0 Å². The molecule has 1 aromatic heterocycles. The lowest BCUT2D eigenvalue weighted by atomic mass is 10.2. The Balaban J connectivity index is 1.89. The molecule has 0 radical (unpaired) electrons. The molecule has 0 aliphatic heterocycles. The van der Waals surface area contributed by atoms with Crippen molar-refractivity contribution in [3.05, 3.63) is 30.1 Å². The van der Waals surface area contributed by atoms with E-state index in [1.807, 2.05) is 30.1 Å². The number of nitrogens with one attached hydrogen (secondary N) is 1. The van der Waals surface area contributed by atoms with Gasteiger partial charge in [0, 0.05) is 18.7 Å². The largest absolute Gasteiger partial charge is 0.334 e. The lowest BCUT2D eigenvalue weighted by Gasteiger charge is -2.22. The molecule has 0 aromatic carbocycles. The molecule has 98 valence electrons. The highest BCUT2D eigenvalue weighted by atomic mass is 16.2. The topological polar surface area (TPSA) is 45.2 Å². The summed E-state index contributed by atoms with van der Waals surface area (Å²) in [6.07, 6.45) is 5.60. The number of carbonyl (C=O) groups is 1. The quantitative estimate of drug-likeness (QED) is 0.744. The Kier molecular flexibility index (Phi) is 4.70. The third kappa shape index (κ3) is 3.81. The second-order valence-corrected chi connectivity index (χ2v) is 4.78. The molecule has 18 heavy (non-hydrogen) atoms. The molecule has 0 atom stereocenters. The minimum absolute atomic E-state index is 0.262. The molecule has 2 rings (SSSR count). The van der Waals surface area contributed by atoms with E-state index in [4.69, 9.17) is 0 Å². The van der Waals surface area contributed by atoms with Crippen LogP contribution >= 0.6 is 0 Å². The van der Waals surface area contributed by atoms with Crippen LogP contribution in [0.1, 0.15) is 31.4 Å². The van der Waals surface area contributed by atoms with Gasteiger partial charge < -0.3 is 10.2 Å². The Hall–Kier alpha value is -1.42. The van der Waals surface area contributed by atoms with Crippen molar-refractivity contribution < 1.29 is 4.79 Å². The highest BCUT2D eigenvalue weighted by molar-refractivity contribution is 5.76. The van der Waals surface area contributed by atoms with Crippen molar-refractivity contribution in [1.82, 2.24) is 15.2 Å². The number of nitrogens with zero attached hydrogens (tertiary/aromatic N) is 2. The maximum atomic E-state index is 12.2. The van der Waals surface area contributed by atoms with Crippen molar-refractivity contribution in [3.63, 3.8) is 0 Å². The maximum Gasteiger partial charge on any atom is 0.223 e. The molecule has 1 aliphatic carbocycles. The number of hydrogen-bond acceptors (Lipinski definition) is 3. The third-order valence-corrected chi connectivity index (χ3v) is 3.18. The molecule has 1 aliphatic rings. The minimum atomic E-state index is 0.262. The van der Waals surface area contributed by atoms with E-state index in [-0.39, 0.29) is 5.91 Å². The molecule has 0 saturated heterocycles. The van der Waals surface area contributed by atoms with Crippen LogP contribution in [-0.2, 0) is 11.3 Å². The summed E-state index contributed by atoms with van der Waals surface area (Å²) in [6, 6.07) is 6.31. The van der Waals surface area contributed by atoms with E-state index in [2.05, 4.69) is 10.3 Å². The van der Waals surface area contributed by atoms with Crippen LogP contribution in [0.15, 0.2) is 24.4 Å². The van der Waals surface area contributed by atoms with E-state index < -0.39 is 0 Å². The predicted molar refractivity (Wildman–Crippen MR) is 71.0 cm³/mol. The van der Waals surface area contributed by atoms with Gasteiger partial charge in [-0.1, -0.05) is 6.07 Å². The lowest BCUT2D eigenvalue weighted by Crippen LogP contribution is -2.33. The van der Waals surface area contributed by atoms with Crippen molar-refractivity contribution in [3.8, 4) is 0 Å². The number of aromatic nitrogens is 1. The summed E-state index contributed by atoms with van der Waals surface area (Å²) in [5, 5.41) is 3.07. The van der Waals surface area contributed by atoms with Crippen molar-refractivity contribution in [2.45, 2.75) is 38.3 Å². The minimum Gasteiger partial charge on any atom is -0.334 e. The fourth-order valence-electron chi connectivity index (χ4n) is 2.03. The van der Waals surface area contributed by atoms with E-state index in [0.717, 1.165) is 31.5 Å². The maximum absolute atomic E-state index is 12.2. The highest BCUT2D eigenvalue weighted by Crippen LogP contribution is 2.28. The fraction of sp³-hybridized carbons (Fsp3) is 0.571. The smallest absolute Gasteiger partial charge is 0.223 e. The van der Waals surface area contributed by atoms with Crippen LogP contribution in [0.25, 0.3) is 0 Å². The Morgan fingerprint density at radius 3 is 2.94 bits per heavy atom. The first-order valence-electron chi connectivity index (χ1n) is 6.65. The van der Waals surface area contributed by atoms with Crippen molar-refractivity contribution in [2.24, 2.45) is 0 Å². The fourth-order valence-corrected chi connectivity index (χ4v) is 2.03. The van der Waals surface area contributed by atoms with Gasteiger partial charge in [0.1, 0.15) is 0 Å². The van der Waals surface area contributed by atoms with Crippen LogP contribution < -0.4 is 5.32 Å². The second-order valence-electron chi connectivity index (χ2n) is 4.78. The Morgan fingerprint density at radius 1 is 1.50 bits per heavy atom. The van der Waals surface area contributed by atoms with Crippen LogP contribution in [0.5, 0.6) is 0 Å². The van der Waals surface area contributed by atoms with Crippen LogP contribution in [0.4, 0.5) is 0 Å². The highest BCUT2D eigenvalue weighted by Gasteiger charge is 2.32. The van der Waals surface area contributed by atoms with Crippen LogP contribution in [0, 0.1) is 0 Å². The SMILES string of the molecule is CNCCCC(=O)N(Cc1ccccn1)C1CC1. The molecular formula is C14H21N3O.